The molecular formula is C13H19BrFNO. The fourth-order valence-electron chi connectivity index (χ4n) is 1.69. The summed E-state index contributed by atoms with van der Waals surface area (Å²) in [5.41, 5.74) is 1.06. The topological polar surface area (TPSA) is 23.5 Å². The maximum atomic E-state index is 13.1. The van der Waals surface area contributed by atoms with Gasteiger partial charge in [-0.25, -0.2) is 4.39 Å². The fraction of sp³-hybridized carbons (Fsp3) is 0.538. The molecule has 1 aromatic rings. The molecule has 0 aromatic heterocycles. The first-order valence-corrected chi connectivity index (χ1v) is 6.73. The minimum Gasteiger partial charge on any atom is -0.395 e. The summed E-state index contributed by atoms with van der Waals surface area (Å²) in [4.78, 5) is 2.18. The van der Waals surface area contributed by atoms with Gasteiger partial charge in [0.1, 0.15) is 5.82 Å². The lowest BCUT2D eigenvalue weighted by Crippen LogP contribution is -2.27. The van der Waals surface area contributed by atoms with Crippen molar-refractivity contribution in [1.29, 1.82) is 0 Å². The van der Waals surface area contributed by atoms with E-state index in [1.807, 2.05) is 0 Å². The first-order valence-electron chi connectivity index (χ1n) is 5.94. The summed E-state index contributed by atoms with van der Waals surface area (Å²) in [6, 6.07) is 5.05. The standard InChI is InChI=1S/C13H19BrFNO/c1-2-3-6-16(7-8-17)10-11-4-5-13(15)12(14)9-11/h4-5,9,17H,2-3,6-8,10H2,1H3. The highest BCUT2D eigenvalue weighted by atomic mass is 79.9. The molecule has 0 spiro atoms. The minimum absolute atomic E-state index is 0.159. The van der Waals surface area contributed by atoms with Crippen LogP contribution in [0.4, 0.5) is 4.39 Å². The summed E-state index contributed by atoms with van der Waals surface area (Å²) in [7, 11) is 0. The number of nitrogens with zero attached hydrogens (tertiary/aromatic N) is 1. The largest absolute Gasteiger partial charge is 0.395 e. The molecule has 1 rings (SSSR count). The van der Waals surface area contributed by atoms with Crippen molar-refractivity contribution in [2.75, 3.05) is 19.7 Å². The highest BCUT2D eigenvalue weighted by Crippen LogP contribution is 2.18. The number of hydrogen-bond donors (Lipinski definition) is 1. The molecule has 1 aromatic carbocycles. The van der Waals surface area contributed by atoms with Crippen molar-refractivity contribution in [3.05, 3.63) is 34.1 Å². The van der Waals surface area contributed by atoms with Gasteiger partial charge in [0.05, 0.1) is 11.1 Å². The van der Waals surface area contributed by atoms with E-state index in [9.17, 15) is 4.39 Å². The molecule has 0 heterocycles. The van der Waals surface area contributed by atoms with Gasteiger partial charge in [0, 0.05) is 13.1 Å². The second kappa shape index (κ2) is 7.80. The Balaban J connectivity index is 2.61. The van der Waals surface area contributed by atoms with Gasteiger partial charge in [-0.05, 0) is 46.6 Å². The third-order valence-corrected chi connectivity index (χ3v) is 3.24. The number of hydrogen-bond acceptors (Lipinski definition) is 2. The molecule has 0 unspecified atom stereocenters. The van der Waals surface area contributed by atoms with Gasteiger partial charge < -0.3 is 5.11 Å². The Kier molecular flexibility index (Phi) is 6.70. The summed E-state index contributed by atoms with van der Waals surface area (Å²) >= 11 is 3.18. The summed E-state index contributed by atoms with van der Waals surface area (Å²) < 4.78 is 13.6. The van der Waals surface area contributed by atoms with Crippen LogP contribution in [0.25, 0.3) is 0 Å². The van der Waals surface area contributed by atoms with Gasteiger partial charge in [0.2, 0.25) is 0 Å². The number of aliphatic hydroxyl groups is 1. The van der Waals surface area contributed by atoms with Crippen molar-refractivity contribution in [1.82, 2.24) is 4.90 Å². The second-order valence-electron chi connectivity index (χ2n) is 4.10. The van der Waals surface area contributed by atoms with Gasteiger partial charge in [-0.2, -0.15) is 0 Å². The highest BCUT2D eigenvalue weighted by molar-refractivity contribution is 9.10. The molecule has 0 atom stereocenters. The Morgan fingerprint density at radius 3 is 2.71 bits per heavy atom. The molecule has 0 aliphatic rings. The fourth-order valence-corrected chi connectivity index (χ4v) is 2.12. The summed E-state index contributed by atoms with van der Waals surface area (Å²) in [5.74, 6) is -0.240. The first kappa shape index (κ1) is 14.6. The minimum atomic E-state index is -0.240. The van der Waals surface area contributed by atoms with E-state index < -0.39 is 0 Å². The Bertz CT molecular complexity index is 346. The van der Waals surface area contributed by atoms with Crippen LogP contribution in [0.1, 0.15) is 25.3 Å². The van der Waals surface area contributed by atoms with Crippen LogP contribution in [0.2, 0.25) is 0 Å². The van der Waals surface area contributed by atoms with Gasteiger partial charge in [0.15, 0.2) is 0 Å². The van der Waals surface area contributed by atoms with Crippen LogP contribution in [-0.2, 0) is 6.54 Å². The summed E-state index contributed by atoms with van der Waals surface area (Å²) in [5, 5.41) is 9.00. The van der Waals surface area contributed by atoms with Crippen molar-refractivity contribution in [2.24, 2.45) is 0 Å². The number of rotatable bonds is 7. The maximum Gasteiger partial charge on any atom is 0.137 e. The van der Waals surface area contributed by atoms with Crippen molar-refractivity contribution in [3.63, 3.8) is 0 Å². The smallest absolute Gasteiger partial charge is 0.137 e. The lowest BCUT2D eigenvalue weighted by Gasteiger charge is -2.21. The molecule has 0 aliphatic heterocycles. The Morgan fingerprint density at radius 1 is 1.35 bits per heavy atom. The van der Waals surface area contributed by atoms with Gasteiger partial charge in [-0.1, -0.05) is 19.4 Å². The number of aliphatic hydroxyl groups excluding tert-OH is 1. The monoisotopic (exact) mass is 303 g/mol. The molecule has 17 heavy (non-hydrogen) atoms. The first-order chi connectivity index (χ1) is 8.17. The molecule has 0 saturated carbocycles. The van der Waals surface area contributed by atoms with Crippen molar-refractivity contribution in [3.8, 4) is 0 Å². The molecule has 2 nitrogen and oxygen atoms in total. The van der Waals surface area contributed by atoms with E-state index in [1.54, 1.807) is 12.1 Å². The number of unbranched alkanes of at least 4 members (excludes halogenated alkanes) is 1. The molecule has 0 fully saturated rings. The van der Waals surface area contributed by atoms with E-state index in [2.05, 4.69) is 27.8 Å². The molecule has 96 valence electrons. The Labute approximate surface area is 111 Å². The van der Waals surface area contributed by atoms with Crippen molar-refractivity contribution < 1.29 is 9.50 Å². The molecule has 0 saturated heterocycles. The van der Waals surface area contributed by atoms with Crippen LogP contribution in [0.5, 0.6) is 0 Å². The molecule has 0 amide bonds. The predicted octanol–water partition coefficient (Wildman–Crippen LogP) is 3.18. The SMILES string of the molecule is CCCCN(CCO)Cc1ccc(F)c(Br)c1. The van der Waals surface area contributed by atoms with Gasteiger partial charge in [-0.15, -0.1) is 0 Å². The lowest BCUT2D eigenvalue weighted by molar-refractivity contribution is 0.188. The van der Waals surface area contributed by atoms with Gasteiger partial charge >= 0.3 is 0 Å². The van der Waals surface area contributed by atoms with E-state index in [0.29, 0.717) is 11.0 Å². The van der Waals surface area contributed by atoms with Crippen LogP contribution < -0.4 is 0 Å². The summed E-state index contributed by atoms with van der Waals surface area (Å²) in [6.07, 6.45) is 2.25. The molecule has 0 bridgehead atoms. The van der Waals surface area contributed by atoms with Crippen molar-refractivity contribution in [2.45, 2.75) is 26.3 Å². The molecule has 1 N–H and O–H groups in total. The van der Waals surface area contributed by atoms with Gasteiger partial charge in [-0.3, -0.25) is 4.90 Å². The van der Waals surface area contributed by atoms with Crippen LogP contribution in [0.15, 0.2) is 22.7 Å². The Hall–Kier alpha value is -0.450. The third-order valence-electron chi connectivity index (χ3n) is 2.63. The van der Waals surface area contributed by atoms with Crippen LogP contribution in [0, 0.1) is 5.82 Å². The van der Waals surface area contributed by atoms with Crippen LogP contribution >= 0.6 is 15.9 Å². The molecular weight excluding hydrogens is 285 g/mol. The summed E-state index contributed by atoms with van der Waals surface area (Å²) in [6.45, 7) is 4.68. The highest BCUT2D eigenvalue weighted by Gasteiger charge is 2.06. The van der Waals surface area contributed by atoms with E-state index >= 15 is 0 Å². The normalized spacial score (nSPS) is 11.1. The number of halogens is 2. The lowest BCUT2D eigenvalue weighted by atomic mass is 10.2. The van der Waals surface area contributed by atoms with E-state index in [0.717, 1.165) is 31.5 Å². The van der Waals surface area contributed by atoms with Gasteiger partial charge in [0.25, 0.3) is 0 Å². The second-order valence-corrected chi connectivity index (χ2v) is 4.96. The van der Waals surface area contributed by atoms with E-state index in [1.165, 1.54) is 6.07 Å². The van der Waals surface area contributed by atoms with E-state index in [4.69, 9.17) is 5.11 Å². The van der Waals surface area contributed by atoms with E-state index in [-0.39, 0.29) is 12.4 Å². The maximum absolute atomic E-state index is 13.1. The Morgan fingerprint density at radius 2 is 2.12 bits per heavy atom. The average Bonchev–Trinajstić information content (AvgIpc) is 2.31. The predicted molar refractivity (Wildman–Crippen MR) is 71.4 cm³/mol. The van der Waals surface area contributed by atoms with Crippen LogP contribution in [-0.4, -0.2) is 29.7 Å². The number of benzene rings is 1. The zero-order valence-electron chi connectivity index (χ0n) is 10.1. The average molecular weight is 304 g/mol. The molecule has 0 aliphatic carbocycles. The third kappa shape index (κ3) is 5.15. The molecule has 4 heteroatoms. The molecule has 0 radical (unpaired) electrons. The zero-order chi connectivity index (χ0) is 12.7. The zero-order valence-corrected chi connectivity index (χ0v) is 11.7. The quantitative estimate of drug-likeness (QED) is 0.836. The van der Waals surface area contributed by atoms with Crippen molar-refractivity contribution >= 4 is 15.9 Å². The van der Waals surface area contributed by atoms with Crippen LogP contribution in [0.3, 0.4) is 0 Å².